The SMILES string of the molecule is Cc1ccccc1C(N)=O.O=C(O)C1CCCN(S(=O)(=O)c2ccc(F)cc2)C1. The molecule has 0 aliphatic carbocycles. The number of aryl methyl sites for hydroxylation is 1. The highest BCUT2D eigenvalue weighted by Crippen LogP contribution is 2.24. The smallest absolute Gasteiger partial charge is 0.307 e. The predicted molar refractivity (Wildman–Crippen MR) is 105 cm³/mol. The summed E-state index contributed by atoms with van der Waals surface area (Å²) >= 11 is 0. The molecule has 3 N–H and O–H groups in total. The lowest BCUT2D eigenvalue weighted by Gasteiger charge is -2.29. The van der Waals surface area contributed by atoms with Crippen LogP contribution < -0.4 is 5.73 Å². The third-order valence-electron chi connectivity index (χ3n) is 4.60. The standard InChI is InChI=1S/C12H14FNO4S.C8H9NO/c13-10-3-5-11(6-4-10)19(17,18)14-7-1-2-9(8-14)12(15)16;1-6-4-2-3-5-7(6)8(9)10/h3-6,9H,1-2,7-8H2,(H,15,16);2-5H,1H3,(H2,9,10). The first-order valence-electron chi connectivity index (χ1n) is 8.97. The minimum absolute atomic E-state index is 0.0139. The van der Waals surface area contributed by atoms with E-state index in [2.05, 4.69) is 0 Å². The lowest BCUT2D eigenvalue weighted by atomic mass is 10.0. The van der Waals surface area contributed by atoms with Gasteiger partial charge in [0.25, 0.3) is 0 Å². The number of carbonyl (C=O) groups is 2. The Labute approximate surface area is 169 Å². The average molecular weight is 422 g/mol. The third kappa shape index (κ3) is 5.85. The number of aliphatic carboxylic acids is 1. The van der Waals surface area contributed by atoms with Gasteiger partial charge in [0.05, 0.1) is 10.8 Å². The van der Waals surface area contributed by atoms with Crippen molar-refractivity contribution in [3.63, 3.8) is 0 Å². The monoisotopic (exact) mass is 422 g/mol. The van der Waals surface area contributed by atoms with Crippen LogP contribution in [0.15, 0.2) is 53.4 Å². The Hall–Kier alpha value is -2.78. The van der Waals surface area contributed by atoms with Gasteiger partial charge < -0.3 is 10.8 Å². The third-order valence-corrected chi connectivity index (χ3v) is 6.47. The van der Waals surface area contributed by atoms with Gasteiger partial charge in [-0.05, 0) is 55.7 Å². The summed E-state index contributed by atoms with van der Waals surface area (Å²) in [5, 5.41) is 8.96. The second-order valence-electron chi connectivity index (χ2n) is 6.67. The topological polar surface area (TPSA) is 118 Å². The molecule has 0 spiro atoms. The Morgan fingerprint density at radius 1 is 1.14 bits per heavy atom. The highest BCUT2D eigenvalue weighted by atomic mass is 32.2. The van der Waals surface area contributed by atoms with Gasteiger partial charge in [-0.2, -0.15) is 4.31 Å². The van der Waals surface area contributed by atoms with Crippen LogP contribution in [0.1, 0.15) is 28.8 Å². The summed E-state index contributed by atoms with van der Waals surface area (Å²) < 4.78 is 38.5. The summed E-state index contributed by atoms with van der Waals surface area (Å²) in [5.41, 5.74) is 6.60. The minimum Gasteiger partial charge on any atom is -0.481 e. The number of amides is 1. The van der Waals surface area contributed by atoms with E-state index in [9.17, 15) is 22.4 Å². The van der Waals surface area contributed by atoms with Crippen LogP contribution in [0.5, 0.6) is 0 Å². The first-order chi connectivity index (χ1) is 13.6. The molecule has 1 saturated heterocycles. The zero-order valence-electron chi connectivity index (χ0n) is 15.9. The van der Waals surface area contributed by atoms with Crippen molar-refractivity contribution < 1.29 is 27.5 Å². The molecule has 9 heteroatoms. The lowest BCUT2D eigenvalue weighted by molar-refractivity contribution is -0.142. The van der Waals surface area contributed by atoms with E-state index in [1.807, 2.05) is 19.1 Å². The number of benzene rings is 2. The summed E-state index contributed by atoms with van der Waals surface area (Å²) in [5.74, 6) is -2.54. The Bertz CT molecular complexity index is 977. The molecule has 2 aromatic carbocycles. The van der Waals surface area contributed by atoms with Gasteiger partial charge in [-0.15, -0.1) is 0 Å². The van der Waals surface area contributed by atoms with Gasteiger partial charge in [-0.25, -0.2) is 12.8 Å². The van der Waals surface area contributed by atoms with E-state index in [1.54, 1.807) is 12.1 Å². The van der Waals surface area contributed by atoms with E-state index >= 15 is 0 Å². The van der Waals surface area contributed by atoms with E-state index in [0.29, 0.717) is 24.9 Å². The number of carboxylic acid groups (broad SMARTS) is 1. The second-order valence-corrected chi connectivity index (χ2v) is 8.61. The summed E-state index contributed by atoms with van der Waals surface area (Å²) in [6.07, 6.45) is 0.988. The fraction of sp³-hybridized carbons (Fsp3) is 0.300. The van der Waals surface area contributed by atoms with E-state index < -0.39 is 27.7 Å². The van der Waals surface area contributed by atoms with Crippen LogP contribution in [-0.4, -0.2) is 42.8 Å². The zero-order chi connectivity index (χ0) is 21.6. The highest BCUT2D eigenvalue weighted by Gasteiger charge is 2.33. The van der Waals surface area contributed by atoms with Crippen molar-refractivity contribution in [2.24, 2.45) is 11.7 Å². The number of halogens is 1. The molecule has 7 nitrogen and oxygen atoms in total. The maximum atomic E-state index is 12.8. The van der Waals surface area contributed by atoms with Gasteiger partial charge in [0, 0.05) is 18.7 Å². The van der Waals surface area contributed by atoms with Gasteiger partial charge in [0.15, 0.2) is 0 Å². The lowest BCUT2D eigenvalue weighted by Crippen LogP contribution is -2.42. The number of rotatable bonds is 4. The molecule has 1 aliphatic heterocycles. The molecule has 1 fully saturated rings. The molecule has 1 heterocycles. The molecule has 0 bridgehead atoms. The van der Waals surface area contributed by atoms with Crippen molar-refractivity contribution in [2.75, 3.05) is 13.1 Å². The number of hydrogen-bond acceptors (Lipinski definition) is 4. The minimum atomic E-state index is -3.74. The van der Waals surface area contributed by atoms with Crippen molar-refractivity contribution in [1.82, 2.24) is 4.31 Å². The van der Waals surface area contributed by atoms with Gasteiger partial charge in [-0.3, -0.25) is 9.59 Å². The molecule has 1 amide bonds. The van der Waals surface area contributed by atoms with Gasteiger partial charge >= 0.3 is 5.97 Å². The number of piperidine rings is 1. The molecule has 156 valence electrons. The first-order valence-corrected chi connectivity index (χ1v) is 10.4. The fourth-order valence-corrected chi connectivity index (χ4v) is 4.49. The fourth-order valence-electron chi connectivity index (χ4n) is 2.97. The predicted octanol–water partition coefficient (Wildman–Crippen LogP) is 2.40. The van der Waals surface area contributed by atoms with Crippen molar-refractivity contribution in [3.05, 3.63) is 65.5 Å². The molecule has 0 saturated carbocycles. The summed E-state index contributed by atoms with van der Waals surface area (Å²) in [4.78, 5) is 21.6. The van der Waals surface area contributed by atoms with Crippen molar-refractivity contribution in [2.45, 2.75) is 24.7 Å². The maximum Gasteiger partial charge on any atom is 0.307 e. The van der Waals surface area contributed by atoms with E-state index in [-0.39, 0.29) is 17.3 Å². The van der Waals surface area contributed by atoms with Gasteiger partial charge in [0.2, 0.25) is 15.9 Å². The number of nitrogens with two attached hydrogens (primary N) is 1. The molecule has 3 rings (SSSR count). The van der Waals surface area contributed by atoms with Gasteiger partial charge in [0.1, 0.15) is 5.82 Å². The second kappa shape index (κ2) is 9.62. The van der Waals surface area contributed by atoms with Crippen molar-refractivity contribution >= 4 is 21.9 Å². The first kappa shape index (κ1) is 22.5. The van der Waals surface area contributed by atoms with Crippen LogP contribution in [0.3, 0.4) is 0 Å². The summed E-state index contributed by atoms with van der Waals surface area (Å²) in [7, 11) is -3.74. The normalized spacial score (nSPS) is 17.1. The summed E-state index contributed by atoms with van der Waals surface area (Å²) in [6, 6.07) is 11.8. The van der Waals surface area contributed by atoms with Crippen LogP contribution in [0.2, 0.25) is 0 Å². The Balaban J connectivity index is 0.000000253. The summed E-state index contributed by atoms with van der Waals surface area (Å²) in [6.45, 7) is 2.12. The number of hydrogen-bond donors (Lipinski definition) is 2. The highest BCUT2D eigenvalue weighted by molar-refractivity contribution is 7.89. The van der Waals surface area contributed by atoms with Crippen LogP contribution in [0.25, 0.3) is 0 Å². The number of carbonyl (C=O) groups excluding carboxylic acids is 1. The van der Waals surface area contributed by atoms with E-state index in [0.717, 1.165) is 22.0 Å². The number of carboxylic acids is 1. The average Bonchev–Trinajstić information content (AvgIpc) is 2.69. The van der Waals surface area contributed by atoms with Crippen LogP contribution in [0, 0.1) is 18.7 Å². The number of primary amides is 1. The Kier molecular flexibility index (Phi) is 7.46. The van der Waals surface area contributed by atoms with Crippen LogP contribution >= 0.6 is 0 Å². The molecule has 0 radical (unpaired) electrons. The molecule has 1 aliphatic rings. The Morgan fingerprint density at radius 2 is 1.76 bits per heavy atom. The van der Waals surface area contributed by atoms with Crippen molar-refractivity contribution in [3.8, 4) is 0 Å². The molecule has 1 unspecified atom stereocenters. The van der Waals surface area contributed by atoms with Crippen LogP contribution in [-0.2, 0) is 14.8 Å². The molecule has 0 aromatic heterocycles. The van der Waals surface area contributed by atoms with Crippen LogP contribution in [0.4, 0.5) is 4.39 Å². The van der Waals surface area contributed by atoms with Crippen molar-refractivity contribution in [1.29, 1.82) is 0 Å². The number of sulfonamides is 1. The zero-order valence-corrected chi connectivity index (χ0v) is 16.7. The van der Waals surface area contributed by atoms with E-state index in [4.69, 9.17) is 10.8 Å². The molecular weight excluding hydrogens is 399 g/mol. The largest absolute Gasteiger partial charge is 0.481 e. The molecule has 1 atom stereocenters. The molecule has 2 aromatic rings. The maximum absolute atomic E-state index is 12.8. The molecule has 29 heavy (non-hydrogen) atoms. The quantitative estimate of drug-likeness (QED) is 0.784. The Morgan fingerprint density at radius 3 is 2.28 bits per heavy atom. The van der Waals surface area contributed by atoms with Gasteiger partial charge in [-0.1, -0.05) is 18.2 Å². The molecular formula is C20H23FN2O5S. The van der Waals surface area contributed by atoms with E-state index in [1.165, 1.54) is 12.1 Å². The number of nitrogens with zero attached hydrogens (tertiary/aromatic N) is 1.